The van der Waals surface area contributed by atoms with Crippen LogP contribution in [0.1, 0.15) is 0 Å². The molecule has 0 fully saturated rings. The summed E-state index contributed by atoms with van der Waals surface area (Å²) >= 11 is 0. The fraction of sp³-hybridized carbons (Fsp3) is 0. The van der Waals surface area contributed by atoms with E-state index in [-0.39, 0.29) is 28.1 Å². The summed E-state index contributed by atoms with van der Waals surface area (Å²) in [7, 11) is 0. The molecule has 0 aliphatic rings. The molecule has 0 amide bonds. The van der Waals surface area contributed by atoms with Crippen LogP contribution in [-0.4, -0.2) is 20.5 Å². The van der Waals surface area contributed by atoms with Crippen LogP contribution in [0.25, 0.3) is 11.0 Å². The summed E-state index contributed by atoms with van der Waals surface area (Å²) in [6.45, 7) is 0. The van der Waals surface area contributed by atoms with Crippen molar-refractivity contribution >= 4 is 11.0 Å². The topological polar surface area (TPSA) is 61.8 Å². The van der Waals surface area contributed by atoms with E-state index in [9.17, 15) is 0 Å². The molecule has 2 aromatic rings. The fourth-order valence-electron chi connectivity index (χ4n) is 0.829. The molecule has 5 heteroatoms. The van der Waals surface area contributed by atoms with Crippen molar-refractivity contribution in [3.63, 3.8) is 0 Å². The number of hydrogen-bond acceptors (Lipinski definition) is 3. The number of aromatic amines is 1. The molecule has 1 aromatic carbocycles. The van der Waals surface area contributed by atoms with Gasteiger partial charge in [0.15, 0.2) is 0 Å². The standard InChI is InChI=1S/C6H5N3O.Ag/c10-4-1-2-5-6(3-4)8-9-7-5;/h1-3,10H,(H,7,8,9);/q;+1. The maximum Gasteiger partial charge on any atom is 1.00 e. The summed E-state index contributed by atoms with van der Waals surface area (Å²) in [5.41, 5.74) is 1.44. The fourth-order valence-corrected chi connectivity index (χ4v) is 0.829. The van der Waals surface area contributed by atoms with Crippen LogP contribution in [0, 0.1) is 0 Å². The van der Waals surface area contributed by atoms with Crippen LogP contribution in [0.15, 0.2) is 18.2 Å². The van der Waals surface area contributed by atoms with E-state index >= 15 is 0 Å². The molecule has 2 rings (SSSR count). The molecule has 60 valence electrons. The number of fused-ring (bicyclic) bond motifs is 1. The predicted molar refractivity (Wildman–Crippen MR) is 35.6 cm³/mol. The number of hydrogen-bond donors (Lipinski definition) is 2. The van der Waals surface area contributed by atoms with Crippen LogP contribution in [0.3, 0.4) is 0 Å². The molecule has 0 radical (unpaired) electrons. The number of aromatic nitrogens is 3. The second-order valence-electron chi connectivity index (χ2n) is 2.00. The average molecular weight is 243 g/mol. The first-order valence-corrected chi connectivity index (χ1v) is 2.86. The zero-order chi connectivity index (χ0) is 6.97. The third-order valence-electron chi connectivity index (χ3n) is 1.30. The third kappa shape index (κ3) is 1.42. The van der Waals surface area contributed by atoms with Crippen molar-refractivity contribution in [1.82, 2.24) is 15.4 Å². The van der Waals surface area contributed by atoms with E-state index in [1.54, 1.807) is 18.2 Å². The Morgan fingerprint density at radius 1 is 1.18 bits per heavy atom. The van der Waals surface area contributed by atoms with E-state index < -0.39 is 0 Å². The number of aromatic hydroxyl groups is 1. The number of H-pyrrole nitrogens is 1. The minimum absolute atomic E-state index is 0. The van der Waals surface area contributed by atoms with E-state index in [2.05, 4.69) is 15.4 Å². The second kappa shape index (κ2) is 3.04. The summed E-state index contributed by atoms with van der Waals surface area (Å²) in [4.78, 5) is 0. The smallest absolute Gasteiger partial charge is 0.508 e. The molecule has 0 unspecified atom stereocenters. The Bertz CT molecular complexity index is 359. The van der Waals surface area contributed by atoms with Crippen LogP contribution < -0.4 is 0 Å². The van der Waals surface area contributed by atoms with Gasteiger partial charge in [-0.25, -0.2) is 0 Å². The quantitative estimate of drug-likeness (QED) is 0.668. The van der Waals surface area contributed by atoms with Gasteiger partial charge in [0.2, 0.25) is 0 Å². The van der Waals surface area contributed by atoms with E-state index in [1.165, 1.54) is 0 Å². The molecular formula is C6H5AgN3O+. The summed E-state index contributed by atoms with van der Waals surface area (Å²) in [5, 5.41) is 19.0. The SMILES string of the molecule is Oc1ccc2n[nH]nc2c1.[Ag+]. The molecular weight excluding hydrogens is 238 g/mol. The van der Waals surface area contributed by atoms with Gasteiger partial charge < -0.3 is 5.11 Å². The Balaban J connectivity index is 0.000000605. The van der Waals surface area contributed by atoms with Crippen LogP contribution in [-0.2, 0) is 22.4 Å². The molecule has 1 heterocycles. The van der Waals surface area contributed by atoms with Crippen molar-refractivity contribution in [3.8, 4) is 5.75 Å². The van der Waals surface area contributed by atoms with E-state index in [1.807, 2.05) is 0 Å². The molecule has 0 bridgehead atoms. The molecule has 4 nitrogen and oxygen atoms in total. The van der Waals surface area contributed by atoms with Crippen LogP contribution in [0.4, 0.5) is 0 Å². The van der Waals surface area contributed by atoms with Gasteiger partial charge in [-0.05, 0) is 12.1 Å². The van der Waals surface area contributed by atoms with E-state index in [0.717, 1.165) is 5.52 Å². The van der Waals surface area contributed by atoms with Gasteiger partial charge in [-0.1, -0.05) is 0 Å². The molecule has 0 atom stereocenters. The van der Waals surface area contributed by atoms with Gasteiger partial charge in [-0.15, -0.1) is 0 Å². The van der Waals surface area contributed by atoms with Gasteiger partial charge >= 0.3 is 22.4 Å². The summed E-state index contributed by atoms with van der Waals surface area (Å²) in [6.07, 6.45) is 0. The van der Waals surface area contributed by atoms with Crippen molar-refractivity contribution in [1.29, 1.82) is 0 Å². The van der Waals surface area contributed by atoms with Crippen molar-refractivity contribution in [3.05, 3.63) is 18.2 Å². The Morgan fingerprint density at radius 2 is 1.91 bits per heavy atom. The third-order valence-corrected chi connectivity index (χ3v) is 1.30. The molecule has 0 aliphatic heterocycles. The number of phenolic OH excluding ortho intramolecular Hbond substituents is 1. The van der Waals surface area contributed by atoms with Gasteiger partial charge in [0.1, 0.15) is 16.8 Å². The number of benzene rings is 1. The molecule has 0 spiro atoms. The number of phenols is 1. The summed E-state index contributed by atoms with van der Waals surface area (Å²) in [5.74, 6) is 0.210. The van der Waals surface area contributed by atoms with E-state index in [0.29, 0.717) is 5.52 Å². The van der Waals surface area contributed by atoms with Gasteiger partial charge in [-0.3, -0.25) is 0 Å². The normalized spacial score (nSPS) is 9.45. The van der Waals surface area contributed by atoms with Crippen molar-refractivity contribution in [2.24, 2.45) is 0 Å². The first-order valence-electron chi connectivity index (χ1n) is 2.86. The molecule has 0 saturated carbocycles. The maximum atomic E-state index is 8.97. The Labute approximate surface area is 78.1 Å². The molecule has 0 saturated heterocycles. The monoisotopic (exact) mass is 242 g/mol. The minimum Gasteiger partial charge on any atom is -0.508 e. The van der Waals surface area contributed by atoms with Crippen molar-refractivity contribution in [2.75, 3.05) is 0 Å². The van der Waals surface area contributed by atoms with Gasteiger partial charge in [0.05, 0.1) is 0 Å². The number of nitrogens with zero attached hydrogens (tertiary/aromatic N) is 2. The largest absolute Gasteiger partial charge is 1.00 e. The Hall–Kier alpha value is -0.840. The van der Waals surface area contributed by atoms with Crippen LogP contribution in [0.2, 0.25) is 0 Å². The predicted octanol–water partition coefficient (Wildman–Crippen LogP) is 0.661. The first-order chi connectivity index (χ1) is 4.86. The summed E-state index contributed by atoms with van der Waals surface area (Å²) < 4.78 is 0. The number of rotatable bonds is 0. The van der Waals surface area contributed by atoms with E-state index in [4.69, 9.17) is 5.11 Å². The Morgan fingerprint density at radius 3 is 2.73 bits per heavy atom. The Kier molecular flexibility index (Phi) is 2.28. The first kappa shape index (κ1) is 8.26. The minimum atomic E-state index is 0. The summed E-state index contributed by atoms with van der Waals surface area (Å²) in [6, 6.07) is 4.83. The zero-order valence-corrected chi connectivity index (χ0v) is 6.86. The molecule has 11 heavy (non-hydrogen) atoms. The van der Waals surface area contributed by atoms with Crippen LogP contribution in [0.5, 0.6) is 5.75 Å². The number of nitrogens with one attached hydrogen (secondary N) is 1. The average Bonchev–Trinajstić information content (AvgIpc) is 2.33. The van der Waals surface area contributed by atoms with Gasteiger partial charge in [0.25, 0.3) is 0 Å². The van der Waals surface area contributed by atoms with Crippen molar-refractivity contribution < 1.29 is 27.5 Å². The molecule has 0 aliphatic carbocycles. The molecule has 2 N–H and O–H groups in total. The zero-order valence-electron chi connectivity index (χ0n) is 5.38. The van der Waals surface area contributed by atoms with Crippen molar-refractivity contribution in [2.45, 2.75) is 0 Å². The van der Waals surface area contributed by atoms with Gasteiger partial charge in [0, 0.05) is 6.07 Å². The van der Waals surface area contributed by atoms with Gasteiger partial charge in [-0.2, -0.15) is 15.4 Å². The van der Waals surface area contributed by atoms with Crippen LogP contribution >= 0.6 is 0 Å². The molecule has 1 aromatic heterocycles. The second-order valence-corrected chi connectivity index (χ2v) is 2.00. The maximum absolute atomic E-state index is 8.97.